The molecule has 0 aliphatic carbocycles. The van der Waals surface area contributed by atoms with E-state index >= 15 is 0 Å². The summed E-state index contributed by atoms with van der Waals surface area (Å²) < 4.78 is 37.7. The summed E-state index contributed by atoms with van der Waals surface area (Å²) in [6.45, 7) is 5.68. The Bertz CT molecular complexity index is 801. The predicted octanol–water partition coefficient (Wildman–Crippen LogP) is -0.357. The molecule has 0 aromatic carbocycles. The molecule has 0 spiro atoms. The lowest BCUT2D eigenvalue weighted by Gasteiger charge is -2.22. The number of hydrogen-bond donors (Lipinski definition) is 4. The van der Waals surface area contributed by atoms with E-state index < -0.39 is 60.1 Å². The molecule has 0 saturated carbocycles. The first-order chi connectivity index (χ1) is 16.0. The number of Topliss-reactive ketones (excluding diaryl/α,β-unsaturated/α-hetero) is 1. The second-order valence-corrected chi connectivity index (χ2v) is 8.52. The number of amides is 5. The summed E-state index contributed by atoms with van der Waals surface area (Å²) in [5.74, 6) is -5.56. The van der Waals surface area contributed by atoms with E-state index in [4.69, 9.17) is 0 Å². The van der Waals surface area contributed by atoms with Gasteiger partial charge in [-0.05, 0) is 19.3 Å². The molecule has 0 radical (unpaired) electrons. The SMILES string of the molecule is CC(=O)N[C@H](C(=O)NCCCC(=O)N[C@@H](CC(=O)N(C)C)C(=O)NC(C)C(=O)C(F)(F)F)C(C)C. The Kier molecular flexibility index (Phi) is 13.0. The summed E-state index contributed by atoms with van der Waals surface area (Å²) in [6.07, 6.45) is -5.74. The van der Waals surface area contributed by atoms with Crippen molar-refractivity contribution < 1.29 is 41.9 Å². The molecule has 0 rings (SSSR count). The summed E-state index contributed by atoms with van der Waals surface area (Å²) in [7, 11) is 2.78. The minimum absolute atomic E-state index is 0.0691. The average molecular weight is 510 g/mol. The molecule has 35 heavy (non-hydrogen) atoms. The van der Waals surface area contributed by atoms with Gasteiger partial charge < -0.3 is 26.2 Å². The molecule has 5 amide bonds. The van der Waals surface area contributed by atoms with Crippen LogP contribution in [0.15, 0.2) is 0 Å². The van der Waals surface area contributed by atoms with Crippen LogP contribution in [0.1, 0.15) is 47.0 Å². The zero-order valence-electron chi connectivity index (χ0n) is 20.7. The standard InChI is InChI=1S/C21H34F3N5O6/c1-11(2)17(27-13(4)30)20(35)25-9-7-8-15(31)28-14(10-16(32)29(5)6)19(34)26-12(3)18(33)21(22,23)24/h11-12,14,17H,7-10H2,1-6H3,(H,25,35)(H,26,34)(H,27,30)(H,28,31)/t12?,14-,17-/m0/s1. The highest BCUT2D eigenvalue weighted by molar-refractivity contribution is 5.96. The molecule has 0 fully saturated rings. The zero-order valence-corrected chi connectivity index (χ0v) is 20.7. The first kappa shape index (κ1) is 31.8. The fourth-order valence-electron chi connectivity index (χ4n) is 2.78. The van der Waals surface area contributed by atoms with E-state index in [0.29, 0.717) is 0 Å². The Morgan fingerprint density at radius 1 is 0.886 bits per heavy atom. The fraction of sp³-hybridized carbons (Fsp3) is 0.714. The lowest BCUT2D eigenvalue weighted by molar-refractivity contribution is -0.173. The number of nitrogens with zero attached hydrogens (tertiary/aromatic N) is 1. The maximum atomic E-state index is 12.6. The molecule has 0 saturated heterocycles. The van der Waals surface area contributed by atoms with Gasteiger partial charge in [0.25, 0.3) is 5.78 Å². The van der Waals surface area contributed by atoms with Crippen molar-refractivity contribution in [3.8, 4) is 0 Å². The van der Waals surface area contributed by atoms with Gasteiger partial charge in [-0.2, -0.15) is 13.2 Å². The number of halogens is 3. The molecule has 0 heterocycles. The highest BCUT2D eigenvalue weighted by atomic mass is 19.4. The summed E-state index contributed by atoms with van der Waals surface area (Å²) in [4.78, 5) is 72.6. The molecule has 0 aromatic heterocycles. The highest BCUT2D eigenvalue weighted by Crippen LogP contribution is 2.18. The monoisotopic (exact) mass is 509 g/mol. The van der Waals surface area contributed by atoms with Crippen LogP contribution in [-0.4, -0.2) is 85.2 Å². The number of carbonyl (C=O) groups excluding carboxylic acids is 6. The Morgan fingerprint density at radius 3 is 1.91 bits per heavy atom. The summed E-state index contributed by atoms with van der Waals surface area (Å²) >= 11 is 0. The zero-order chi connectivity index (χ0) is 27.5. The van der Waals surface area contributed by atoms with E-state index in [1.807, 2.05) is 5.32 Å². The first-order valence-electron chi connectivity index (χ1n) is 10.9. The molecule has 0 aliphatic rings. The van der Waals surface area contributed by atoms with Crippen LogP contribution >= 0.6 is 0 Å². The maximum Gasteiger partial charge on any atom is 0.452 e. The average Bonchev–Trinajstić information content (AvgIpc) is 2.72. The van der Waals surface area contributed by atoms with Crippen LogP contribution in [0.3, 0.4) is 0 Å². The molecule has 200 valence electrons. The molecule has 4 N–H and O–H groups in total. The van der Waals surface area contributed by atoms with Crippen LogP contribution in [0.4, 0.5) is 13.2 Å². The van der Waals surface area contributed by atoms with Crippen molar-refractivity contribution in [2.45, 2.75) is 71.3 Å². The summed E-state index contributed by atoms with van der Waals surface area (Å²) in [5, 5.41) is 9.26. The molecule has 3 atom stereocenters. The van der Waals surface area contributed by atoms with Gasteiger partial charge in [-0.25, -0.2) is 0 Å². The normalized spacial score (nSPS) is 13.8. The lowest BCUT2D eigenvalue weighted by atomic mass is 10.0. The van der Waals surface area contributed by atoms with Crippen LogP contribution in [-0.2, 0) is 28.8 Å². The second kappa shape index (κ2) is 14.3. The van der Waals surface area contributed by atoms with Crippen LogP contribution < -0.4 is 21.3 Å². The quantitative estimate of drug-likeness (QED) is 0.249. The van der Waals surface area contributed by atoms with Crippen molar-refractivity contribution in [2.75, 3.05) is 20.6 Å². The highest BCUT2D eigenvalue weighted by Gasteiger charge is 2.42. The third-order valence-corrected chi connectivity index (χ3v) is 4.75. The number of ketones is 1. The van der Waals surface area contributed by atoms with Crippen LogP contribution in [0.2, 0.25) is 0 Å². The molecule has 11 nitrogen and oxygen atoms in total. The van der Waals surface area contributed by atoms with Gasteiger partial charge >= 0.3 is 6.18 Å². The third-order valence-electron chi connectivity index (χ3n) is 4.75. The molecule has 14 heteroatoms. The molecular formula is C21H34F3N5O6. The first-order valence-corrected chi connectivity index (χ1v) is 10.9. The van der Waals surface area contributed by atoms with Gasteiger partial charge in [-0.3, -0.25) is 28.8 Å². The van der Waals surface area contributed by atoms with Crippen LogP contribution in [0.25, 0.3) is 0 Å². The van der Waals surface area contributed by atoms with Gasteiger partial charge in [0.2, 0.25) is 29.5 Å². The van der Waals surface area contributed by atoms with Gasteiger partial charge in [0.05, 0.1) is 12.5 Å². The molecule has 0 aliphatic heterocycles. The van der Waals surface area contributed by atoms with Crippen molar-refractivity contribution in [2.24, 2.45) is 5.92 Å². The van der Waals surface area contributed by atoms with Gasteiger partial charge in [0, 0.05) is 34.0 Å². The number of rotatable bonds is 13. The number of hydrogen-bond acceptors (Lipinski definition) is 6. The Balaban J connectivity index is 4.99. The van der Waals surface area contributed by atoms with Crippen molar-refractivity contribution >= 4 is 35.3 Å². The Hall–Kier alpha value is -3.19. The van der Waals surface area contributed by atoms with Crippen molar-refractivity contribution in [3.63, 3.8) is 0 Å². The molecule has 1 unspecified atom stereocenters. The number of carbonyl (C=O) groups is 6. The molecular weight excluding hydrogens is 475 g/mol. The summed E-state index contributed by atoms with van der Waals surface area (Å²) in [5.41, 5.74) is 0. The minimum atomic E-state index is -5.16. The van der Waals surface area contributed by atoms with E-state index in [-0.39, 0.29) is 31.2 Å². The van der Waals surface area contributed by atoms with Gasteiger partial charge in [-0.1, -0.05) is 13.8 Å². The fourth-order valence-corrected chi connectivity index (χ4v) is 2.78. The van der Waals surface area contributed by atoms with E-state index in [0.717, 1.165) is 11.8 Å². The van der Waals surface area contributed by atoms with Crippen molar-refractivity contribution in [1.82, 2.24) is 26.2 Å². The van der Waals surface area contributed by atoms with E-state index in [1.165, 1.54) is 21.0 Å². The van der Waals surface area contributed by atoms with Crippen molar-refractivity contribution in [3.05, 3.63) is 0 Å². The maximum absolute atomic E-state index is 12.6. The Labute approximate surface area is 201 Å². The van der Waals surface area contributed by atoms with E-state index in [9.17, 15) is 41.9 Å². The van der Waals surface area contributed by atoms with Gasteiger partial charge in [-0.15, -0.1) is 0 Å². The largest absolute Gasteiger partial charge is 0.452 e. The van der Waals surface area contributed by atoms with Gasteiger partial charge in [0.15, 0.2) is 0 Å². The molecule has 0 bridgehead atoms. The third kappa shape index (κ3) is 12.2. The summed E-state index contributed by atoms with van der Waals surface area (Å²) in [6, 6.07) is -4.18. The topological polar surface area (TPSA) is 154 Å². The smallest absolute Gasteiger partial charge is 0.354 e. The van der Waals surface area contributed by atoms with E-state index in [1.54, 1.807) is 13.8 Å². The van der Waals surface area contributed by atoms with Crippen LogP contribution in [0, 0.1) is 5.92 Å². The van der Waals surface area contributed by atoms with E-state index in [2.05, 4.69) is 16.0 Å². The number of nitrogens with one attached hydrogen (secondary N) is 4. The Morgan fingerprint density at radius 2 is 1.46 bits per heavy atom. The van der Waals surface area contributed by atoms with Crippen LogP contribution in [0.5, 0.6) is 0 Å². The number of alkyl halides is 3. The second-order valence-electron chi connectivity index (χ2n) is 8.52. The molecule has 0 aromatic rings. The predicted molar refractivity (Wildman–Crippen MR) is 119 cm³/mol. The lowest BCUT2D eigenvalue weighted by Crippen LogP contribution is -2.54. The minimum Gasteiger partial charge on any atom is -0.354 e. The van der Waals surface area contributed by atoms with Crippen molar-refractivity contribution in [1.29, 1.82) is 0 Å². The van der Waals surface area contributed by atoms with Gasteiger partial charge in [0.1, 0.15) is 12.1 Å².